The first-order valence-electron chi connectivity index (χ1n) is 6.77. The number of aromatic nitrogens is 1. The van der Waals surface area contributed by atoms with Crippen molar-refractivity contribution in [3.05, 3.63) is 48.8 Å². The van der Waals surface area contributed by atoms with Gasteiger partial charge in [0.15, 0.2) is 18.1 Å². The van der Waals surface area contributed by atoms with E-state index in [2.05, 4.69) is 53.4 Å². The van der Waals surface area contributed by atoms with Crippen molar-refractivity contribution in [2.24, 2.45) is 11.8 Å². The fourth-order valence-corrected chi connectivity index (χ4v) is 2.68. The monoisotopic (exact) mass is 343 g/mol. The zero-order chi connectivity index (χ0) is 16.5. The number of allylic oxidation sites excluding steroid dienone is 4. The third-order valence-corrected chi connectivity index (χ3v) is 3.58. The Morgan fingerprint density at radius 2 is 1.50 bits per heavy atom. The molecular formula is C14H16F6NP. The van der Waals surface area contributed by atoms with E-state index in [4.69, 9.17) is 0 Å². The number of pyridine rings is 1. The molecule has 0 radical (unpaired) electrons. The summed E-state index contributed by atoms with van der Waals surface area (Å²) in [4.78, 5) is 0. The molecule has 0 aromatic carbocycles. The molecule has 1 aromatic rings. The summed E-state index contributed by atoms with van der Waals surface area (Å²) in [6, 6.07) is 6.26. The van der Waals surface area contributed by atoms with E-state index in [0.717, 1.165) is 11.8 Å². The summed E-state index contributed by atoms with van der Waals surface area (Å²) in [6.45, 7) is 0. The van der Waals surface area contributed by atoms with Crippen molar-refractivity contribution >= 4 is 13.5 Å². The van der Waals surface area contributed by atoms with Gasteiger partial charge in [0.05, 0.1) is 0 Å². The number of halogens is 6. The molecule has 1 nitrogen and oxygen atoms in total. The van der Waals surface area contributed by atoms with Gasteiger partial charge in [-0.2, -0.15) is 4.57 Å². The number of fused-ring (bicyclic) bond motifs is 1. The van der Waals surface area contributed by atoms with Crippen LogP contribution in [0.3, 0.4) is 0 Å². The summed E-state index contributed by atoms with van der Waals surface area (Å²) in [6.07, 6.45) is 15.2. The molecule has 2 aliphatic rings. The predicted octanol–water partition coefficient (Wildman–Crippen LogP) is 6.18. The summed E-state index contributed by atoms with van der Waals surface area (Å²) in [5.74, 6) is 1.68. The molecule has 2 unspecified atom stereocenters. The van der Waals surface area contributed by atoms with Crippen LogP contribution in [0.1, 0.15) is 19.3 Å². The Morgan fingerprint density at radius 3 is 2.09 bits per heavy atom. The minimum atomic E-state index is -10.7. The molecule has 0 saturated carbocycles. The van der Waals surface area contributed by atoms with Crippen molar-refractivity contribution in [3.8, 4) is 0 Å². The summed E-state index contributed by atoms with van der Waals surface area (Å²) in [7, 11) is -10.7. The van der Waals surface area contributed by atoms with E-state index in [1.165, 1.54) is 25.0 Å². The normalized spacial score (nSPS) is 26.9. The zero-order valence-corrected chi connectivity index (χ0v) is 12.5. The third-order valence-electron chi connectivity index (χ3n) is 3.58. The van der Waals surface area contributed by atoms with E-state index in [1.54, 1.807) is 0 Å². The van der Waals surface area contributed by atoms with Gasteiger partial charge in [-0.05, 0) is 30.8 Å². The third kappa shape index (κ3) is 6.60. The number of hydrogen-bond donors (Lipinski definition) is 0. The molecule has 8 heteroatoms. The average Bonchev–Trinajstić information content (AvgIpc) is 2.83. The molecule has 1 heterocycles. The predicted molar refractivity (Wildman–Crippen MR) is 74.4 cm³/mol. The summed E-state index contributed by atoms with van der Waals surface area (Å²) in [5, 5.41) is 0. The topological polar surface area (TPSA) is 3.88 Å². The van der Waals surface area contributed by atoms with Crippen LogP contribution in [0.4, 0.5) is 25.2 Å². The first kappa shape index (κ1) is 17.0. The van der Waals surface area contributed by atoms with Crippen molar-refractivity contribution in [2.75, 3.05) is 0 Å². The van der Waals surface area contributed by atoms with Crippen LogP contribution >= 0.6 is 7.81 Å². The van der Waals surface area contributed by atoms with Gasteiger partial charge in [-0.1, -0.05) is 18.2 Å². The Hall–Kier alpha value is -1.36. The van der Waals surface area contributed by atoms with Crippen LogP contribution in [0.25, 0.3) is 5.70 Å². The van der Waals surface area contributed by atoms with Crippen molar-refractivity contribution < 1.29 is 29.7 Å². The molecule has 0 aliphatic heterocycles. The first-order valence-corrected chi connectivity index (χ1v) is 8.80. The second kappa shape index (κ2) is 5.08. The molecule has 2 aliphatic carbocycles. The van der Waals surface area contributed by atoms with Crippen molar-refractivity contribution in [1.82, 2.24) is 0 Å². The quantitative estimate of drug-likeness (QED) is 0.248. The standard InChI is InChI=1S/C14H16N.F6P/c1-2-9-15(10-3-1)14-8-7-12-5-4-6-13(12)11-14;1-7(2,3,4,5)6/h1-4,6,8-10,12-13H,5,7,11H2;/q+1;-1. The van der Waals surface area contributed by atoms with Gasteiger partial charge in [-0.3, -0.25) is 0 Å². The van der Waals surface area contributed by atoms with Gasteiger partial charge in [0.25, 0.3) is 0 Å². The fourth-order valence-electron chi connectivity index (χ4n) is 2.68. The van der Waals surface area contributed by atoms with E-state index < -0.39 is 7.81 Å². The van der Waals surface area contributed by atoms with Gasteiger partial charge in [-0.15, -0.1) is 0 Å². The summed E-state index contributed by atoms with van der Waals surface area (Å²) < 4.78 is 61.4. The van der Waals surface area contributed by atoms with E-state index >= 15 is 0 Å². The second-order valence-electron chi connectivity index (χ2n) is 5.46. The Labute approximate surface area is 124 Å². The van der Waals surface area contributed by atoms with Gasteiger partial charge in [0.2, 0.25) is 0 Å². The molecule has 0 N–H and O–H groups in total. The molecule has 0 saturated heterocycles. The van der Waals surface area contributed by atoms with Gasteiger partial charge < -0.3 is 0 Å². The van der Waals surface area contributed by atoms with Crippen LogP contribution in [0.2, 0.25) is 0 Å². The van der Waals surface area contributed by atoms with Crippen LogP contribution in [-0.4, -0.2) is 0 Å². The molecule has 2 atom stereocenters. The van der Waals surface area contributed by atoms with E-state index in [-0.39, 0.29) is 0 Å². The molecule has 3 rings (SSSR count). The molecule has 1 aromatic heterocycles. The molecule has 124 valence electrons. The minimum absolute atomic E-state index is 0.790. The maximum atomic E-state index is 9.87. The second-order valence-corrected chi connectivity index (χ2v) is 7.38. The maximum absolute atomic E-state index is 10.7. The Morgan fingerprint density at radius 1 is 0.909 bits per heavy atom. The molecule has 0 bridgehead atoms. The Balaban J connectivity index is 0.000000217. The van der Waals surface area contributed by atoms with Gasteiger partial charge in [0, 0.05) is 18.6 Å². The number of hydrogen-bond acceptors (Lipinski definition) is 0. The van der Waals surface area contributed by atoms with Gasteiger partial charge in [0.1, 0.15) is 0 Å². The zero-order valence-electron chi connectivity index (χ0n) is 11.6. The molecule has 0 amide bonds. The van der Waals surface area contributed by atoms with Crippen LogP contribution in [0.5, 0.6) is 0 Å². The SMILES string of the molecule is C1=CC2CC([n+]3ccccc3)=CCC2C1.F[P-](F)(F)(F)(F)F. The first-order chi connectivity index (χ1) is 9.88. The Kier molecular flexibility index (Phi) is 3.93. The summed E-state index contributed by atoms with van der Waals surface area (Å²) >= 11 is 0. The molecule has 0 spiro atoms. The van der Waals surface area contributed by atoms with Crippen molar-refractivity contribution in [1.29, 1.82) is 0 Å². The van der Waals surface area contributed by atoms with Crippen molar-refractivity contribution in [3.63, 3.8) is 0 Å². The van der Waals surface area contributed by atoms with Gasteiger partial charge >= 0.3 is 33.0 Å². The number of rotatable bonds is 1. The van der Waals surface area contributed by atoms with Crippen LogP contribution in [0.15, 0.2) is 48.8 Å². The fraction of sp³-hybridized carbons (Fsp3) is 0.357. The number of nitrogens with zero attached hydrogens (tertiary/aromatic N) is 1. The van der Waals surface area contributed by atoms with E-state index in [1.807, 2.05) is 0 Å². The molecule has 0 fully saturated rings. The molecule has 22 heavy (non-hydrogen) atoms. The van der Waals surface area contributed by atoms with Crippen LogP contribution in [-0.2, 0) is 0 Å². The van der Waals surface area contributed by atoms with Crippen LogP contribution < -0.4 is 4.57 Å². The Bertz CT molecular complexity index is 579. The van der Waals surface area contributed by atoms with Crippen LogP contribution in [0, 0.1) is 11.8 Å². The van der Waals surface area contributed by atoms with Crippen molar-refractivity contribution in [2.45, 2.75) is 19.3 Å². The van der Waals surface area contributed by atoms with E-state index in [9.17, 15) is 25.2 Å². The average molecular weight is 343 g/mol. The summed E-state index contributed by atoms with van der Waals surface area (Å²) in [5.41, 5.74) is 1.46. The van der Waals surface area contributed by atoms with E-state index in [0.29, 0.717) is 0 Å². The molecular weight excluding hydrogens is 327 g/mol. The van der Waals surface area contributed by atoms with Gasteiger partial charge in [-0.25, -0.2) is 0 Å².